The number of anilines is 1. The molecule has 0 bridgehead atoms. The van der Waals surface area contributed by atoms with Gasteiger partial charge in [-0.2, -0.15) is 0 Å². The summed E-state index contributed by atoms with van der Waals surface area (Å²) < 4.78 is 0. The Kier molecular flexibility index (Phi) is 2.92. The van der Waals surface area contributed by atoms with Gasteiger partial charge < -0.3 is 10.0 Å². The Bertz CT molecular complexity index is 422. The number of aromatic nitrogens is 2. The summed E-state index contributed by atoms with van der Waals surface area (Å²) >= 11 is 6.04. The summed E-state index contributed by atoms with van der Waals surface area (Å²) in [4.78, 5) is 11.1. The van der Waals surface area contributed by atoms with Gasteiger partial charge in [-0.3, -0.25) is 0 Å². The molecule has 2 fully saturated rings. The van der Waals surface area contributed by atoms with Gasteiger partial charge in [0.2, 0.25) is 0 Å². The van der Waals surface area contributed by atoms with E-state index in [9.17, 15) is 0 Å². The van der Waals surface area contributed by atoms with E-state index in [2.05, 4.69) is 14.9 Å². The first-order chi connectivity index (χ1) is 8.26. The molecule has 1 saturated carbocycles. The summed E-state index contributed by atoms with van der Waals surface area (Å²) in [6.45, 7) is 2.07. The molecule has 3 rings (SSSR count). The first-order valence-corrected chi connectivity index (χ1v) is 6.54. The average Bonchev–Trinajstić information content (AvgIpc) is 3.06. The molecule has 1 aliphatic heterocycles. The molecule has 1 saturated heterocycles. The topological polar surface area (TPSA) is 49.2 Å². The van der Waals surface area contributed by atoms with Gasteiger partial charge in [0.25, 0.3) is 0 Å². The average molecular weight is 254 g/mol. The molecule has 0 amide bonds. The van der Waals surface area contributed by atoms with Gasteiger partial charge in [0.15, 0.2) is 0 Å². The molecule has 92 valence electrons. The standard InChI is InChI=1S/C12H16ClN3O/c13-10-5-11(15-12(14-10)9-1-2-9)16-4-3-8(6-16)7-17/h5,8-9,17H,1-4,6-7H2. The summed E-state index contributed by atoms with van der Waals surface area (Å²) in [5.74, 6) is 2.69. The van der Waals surface area contributed by atoms with Crippen molar-refractivity contribution >= 4 is 17.4 Å². The van der Waals surface area contributed by atoms with Crippen molar-refractivity contribution in [2.45, 2.75) is 25.2 Å². The Balaban J connectivity index is 1.82. The Morgan fingerprint density at radius 1 is 1.35 bits per heavy atom. The van der Waals surface area contributed by atoms with Gasteiger partial charge >= 0.3 is 0 Å². The molecule has 5 heteroatoms. The third-order valence-corrected chi connectivity index (χ3v) is 3.70. The summed E-state index contributed by atoms with van der Waals surface area (Å²) in [5, 5.41) is 9.68. The van der Waals surface area contributed by atoms with Gasteiger partial charge in [-0.05, 0) is 19.3 Å². The zero-order valence-corrected chi connectivity index (χ0v) is 10.4. The first kappa shape index (κ1) is 11.2. The second-order valence-corrected chi connectivity index (χ2v) is 5.35. The summed E-state index contributed by atoms with van der Waals surface area (Å²) in [7, 11) is 0. The van der Waals surface area contributed by atoms with Crippen molar-refractivity contribution in [1.82, 2.24) is 9.97 Å². The van der Waals surface area contributed by atoms with E-state index in [1.807, 2.05) is 6.07 Å². The highest BCUT2D eigenvalue weighted by molar-refractivity contribution is 6.29. The minimum Gasteiger partial charge on any atom is -0.396 e. The molecule has 1 N–H and O–H groups in total. The molecule has 1 unspecified atom stereocenters. The lowest BCUT2D eigenvalue weighted by Gasteiger charge is -2.17. The van der Waals surface area contributed by atoms with E-state index >= 15 is 0 Å². The minimum absolute atomic E-state index is 0.255. The fraction of sp³-hybridized carbons (Fsp3) is 0.667. The van der Waals surface area contributed by atoms with Crippen LogP contribution in [0.5, 0.6) is 0 Å². The maximum Gasteiger partial charge on any atom is 0.135 e. The molecule has 0 spiro atoms. The third kappa shape index (κ3) is 2.38. The monoisotopic (exact) mass is 253 g/mol. The van der Waals surface area contributed by atoms with E-state index in [-0.39, 0.29) is 6.61 Å². The van der Waals surface area contributed by atoms with Gasteiger partial charge in [0, 0.05) is 37.6 Å². The van der Waals surface area contributed by atoms with Crippen LogP contribution in [0.2, 0.25) is 5.15 Å². The van der Waals surface area contributed by atoms with Gasteiger partial charge in [0.05, 0.1) is 0 Å². The normalized spacial score (nSPS) is 24.4. The predicted octanol–water partition coefficient (Wildman–Crippen LogP) is 1.83. The smallest absolute Gasteiger partial charge is 0.135 e. The Hall–Kier alpha value is -0.870. The van der Waals surface area contributed by atoms with Crippen LogP contribution in [0.15, 0.2) is 6.07 Å². The van der Waals surface area contributed by atoms with E-state index in [0.29, 0.717) is 17.0 Å². The van der Waals surface area contributed by atoms with Gasteiger partial charge in [-0.15, -0.1) is 0 Å². The van der Waals surface area contributed by atoms with Crippen LogP contribution in [0.25, 0.3) is 0 Å². The molecule has 17 heavy (non-hydrogen) atoms. The van der Waals surface area contributed by atoms with Crippen molar-refractivity contribution in [2.75, 3.05) is 24.6 Å². The molecule has 1 aromatic heterocycles. The lowest BCUT2D eigenvalue weighted by atomic mass is 10.1. The van der Waals surface area contributed by atoms with E-state index in [4.69, 9.17) is 16.7 Å². The van der Waals surface area contributed by atoms with Crippen LogP contribution in [0.3, 0.4) is 0 Å². The zero-order chi connectivity index (χ0) is 11.8. The number of hydrogen-bond acceptors (Lipinski definition) is 4. The van der Waals surface area contributed by atoms with Crippen LogP contribution >= 0.6 is 11.6 Å². The van der Waals surface area contributed by atoms with Crippen molar-refractivity contribution in [3.8, 4) is 0 Å². The zero-order valence-electron chi connectivity index (χ0n) is 9.64. The summed E-state index contributed by atoms with van der Waals surface area (Å²) in [5.41, 5.74) is 0. The molecule has 1 aromatic rings. The molecule has 1 atom stereocenters. The number of rotatable bonds is 3. The molecular weight excluding hydrogens is 238 g/mol. The van der Waals surface area contributed by atoms with Crippen LogP contribution in [0, 0.1) is 5.92 Å². The quantitative estimate of drug-likeness (QED) is 0.835. The van der Waals surface area contributed by atoms with Gasteiger partial charge in [0.1, 0.15) is 16.8 Å². The van der Waals surface area contributed by atoms with Crippen LogP contribution in [0.1, 0.15) is 31.0 Å². The van der Waals surface area contributed by atoms with E-state index in [1.165, 1.54) is 12.8 Å². The van der Waals surface area contributed by atoms with Crippen LogP contribution < -0.4 is 4.90 Å². The molecule has 2 aliphatic rings. The van der Waals surface area contributed by atoms with E-state index in [1.54, 1.807) is 0 Å². The van der Waals surface area contributed by atoms with Crippen LogP contribution in [-0.2, 0) is 0 Å². The highest BCUT2D eigenvalue weighted by atomic mass is 35.5. The van der Waals surface area contributed by atoms with Gasteiger partial charge in [-0.25, -0.2) is 9.97 Å². The molecule has 1 aliphatic carbocycles. The lowest BCUT2D eigenvalue weighted by Crippen LogP contribution is -2.22. The number of hydrogen-bond donors (Lipinski definition) is 1. The summed E-state index contributed by atoms with van der Waals surface area (Å²) in [6, 6.07) is 1.83. The van der Waals surface area contributed by atoms with Crippen molar-refractivity contribution in [2.24, 2.45) is 5.92 Å². The number of nitrogens with zero attached hydrogens (tertiary/aromatic N) is 3. The number of aliphatic hydroxyl groups excluding tert-OH is 1. The van der Waals surface area contributed by atoms with E-state index in [0.717, 1.165) is 31.2 Å². The number of aliphatic hydroxyl groups is 1. The molecule has 4 nitrogen and oxygen atoms in total. The second-order valence-electron chi connectivity index (χ2n) is 4.96. The maximum atomic E-state index is 9.15. The minimum atomic E-state index is 0.255. The van der Waals surface area contributed by atoms with E-state index < -0.39 is 0 Å². The fourth-order valence-electron chi connectivity index (χ4n) is 2.30. The van der Waals surface area contributed by atoms with Crippen molar-refractivity contribution < 1.29 is 5.11 Å². The predicted molar refractivity (Wildman–Crippen MR) is 66.4 cm³/mol. The largest absolute Gasteiger partial charge is 0.396 e. The summed E-state index contributed by atoms with van der Waals surface area (Å²) in [6.07, 6.45) is 3.38. The maximum absolute atomic E-state index is 9.15. The highest BCUT2D eigenvalue weighted by Gasteiger charge is 2.29. The van der Waals surface area contributed by atoms with Crippen molar-refractivity contribution in [3.63, 3.8) is 0 Å². The SMILES string of the molecule is OCC1CCN(c2cc(Cl)nc(C3CC3)n2)C1. The fourth-order valence-corrected chi connectivity index (χ4v) is 2.48. The second kappa shape index (κ2) is 4.42. The molecule has 2 heterocycles. The highest BCUT2D eigenvalue weighted by Crippen LogP contribution is 2.39. The Labute approximate surface area is 106 Å². The van der Waals surface area contributed by atoms with Crippen molar-refractivity contribution in [1.29, 1.82) is 0 Å². The van der Waals surface area contributed by atoms with Crippen molar-refractivity contribution in [3.05, 3.63) is 17.0 Å². The Morgan fingerprint density at radius 2 is 2.18 bits per heavy atom. The van der Waals surface area contributed by atoms with Gasteiger partial charge in [-0.1, -0.05) is 11.6 Å². The molecular formula is C12H16ClN3O. The molecule has 0 aromatic carbocycles. The Morgan fingerprint density at radius 3 is 2.82 bits per heavy atom. The third-order valence-electron chi connectivity index (χ3n) is 3.51. The molecule has 0 radical (unpaired) electrons. The lowest BCUT2D eigenvalue weighted by molar-refractivity contribution is 0.238. The number of halogens is 1. The first-order valence-electron chi connectivity index (χ1n) is 6.16. The van der Waals surface area contributed by atoms with Crippen LogP contribution in [-0.4, -0.2) is 34.8 Å². The van der Waals surface area contributed by atoms with Crippen LogP contribution in [0.4, 0.5) is 5.82 Å².